The Morgan fingerprint density at radius 1 is 1.00 bits per heavy atom. The summed E-state index contributed by atoms with van der Waals surface area (Å²) in [6, 6.07) is 15.8. The van der Waals surface area contributed by atoms with Gasteiger partial charge in [-0.05, 0) is 17.2 Å². The van der Waals surface area contributed by atoms with Crippen molar-refractivity contribution >= 4 is 16.6 Å². The zero-order valence-corrected chi connectivity index (χ0v) is 11.0. The van der Waals surface area contributed by atoms with Gasteiger partial charge >= 0.3 is 0 Å². The summed E-state index contributed by atoms with van der Waals surface area (Å²) < 4.78 is 0. The fourth-order valence-corrected chi connectivity index (χ4v) is 2.18. The number of nitrogens with zero attached hydrogens (tertiary/aromatic N) is 2. The molecule has 0 aliphatic carbocycles. The standard InChI is InChI=1S/C16H15N3O/c20-11-13-5-3-4-12(8-13)9-17-16-10-18-19-15-7-2-1-6-14(15)16/h1-8,10,20H,9,11H2,(H,17,19). The third kappa shape index (κ3) is 2.60. The van der Waals surface area contributed by atoms with Gasteiger partial charge in [0.05, 0.1) is 24.0 Å². The fraction of sp³-hybridized carbons (Fsp3) is 0.125. The van der Waals surface area contributed by atoms with Gasteiger partial charge in [0.1, 0.15) is 0 Å². The predicted octanol–water partition coefficient (Wildman–Crippen LogP) is 2.73. The van der Waals surface area contributed by atoms with E-state index in [0.717, 1.165) is 27.7 Å². The lowest BCUT2D eigenvalue weighted by Gasteiger charge is -2.09. The van der Waals surface area contributed by atoms with Crippen molar-refractivity contribution in [3.63, 3.8) is 0 Å². The first-order valence-electron chi connectivity index (χ1n) is 6.50. The van der Waals surface area contributed by atoms with Crippen LogP contribution in [0.1, 0.15) is 11.1 Å². The van der Waals surface area contributed by atoms with E-state index in [1.165, 1.54) is 0 Å². The van der Waals surface area contributed by atoms with Gasteiger partial charge in [0, 0.05) is 11.9 Å². The number of aliphatic hydroxyl groups excluding tert-OH is 1. The highest BCUT2D eigenvalue weighted by Gasteiger charge is 2.02. The monoisotopic (exact) mass is 265 g/mol. The summed E-state index contributed by atoms with van der Waals surface area (Å²) in [4.78, 5) is 0. The molecule has 0 saturated carbocycles. The summed E-state index contributed by atoms with van der Waals surface area (Å²) in [5.74, 6) is 0. The van der Waals surface area contributed by atoms with E-state index < -0.39 is 0 Å². The summed E-state index contributed by atoms with van der Waals surface area (Å²) in [7, 11) is 0. The van der Waals surface area contributed by atoms with Gasteiger partial charge in [0.25, 0.3) is 0 Å². The Labute approximate surface area is 117 Å². The van der Waals surface area contributed by atoms with Crippen LogP contribution in [-0.2, 0) is 13.2 Å². The molecule has 0 amide bonds. The molecule has 100 valence electrons. The molecule has 0 saturated heterocycles. The van der Waals surface area contributed by atoms with Crippen LogP contribution in [0.2, 0.25) is 0 Å². The predicted molar refractivity (Wildman–Crippen MR) is 79.2 cm³/mol. The number of anilines is 1. The lowest BCUT2D eigenvalue weighted by Crippen LogP contribution is -2.02. The second kappa shape index (κ2) is 5.67. The van der Waals surface area contributed by atoms with Gasteiger partial charge < -0.3 is 10.4 Å². The molecule has 2 aromatic carbocycles. The van der Waals surface area contributed by atoms with Gasteiger partial charge in [-0.1, -0.05) is 42.5 Å². The number of hydrogen-bond donors (Lipinski definition) is 2. The maximum Gasteiger partial charge on any atom is 0.0950 e. The van der Waals surface area contributed by atoms with Crippen LogP contribution in [-0.4, -0.2) is 15.3 Å². The van der Waals surface area contributed by atoms with Crippen LogP contribution in [0, 0.1) is 0 Å². The normalized spacial score (nSPS) is 10.7. The Morgan fingerprint density at radius 2 is 1.85 bits per heavy atom. The van der Waals surface area contributed by atoms with Gasteiger partial charge in [-0.3, -0.25) is 0 Å². The van der Waals surface area contributed by atoms with Crippen LogP contribution in [0.5, 0.6) is 0 Å². The third-order valence-electron chi connectivity index (χ3n) is 3.20. The average molecular weight is 265 g/mol. The summed E-state index contributed by atoms with van der Waals surface area (Å²) in [5, 5.41) is 21.7. The summed E-state index contributed by atoms with van der Waals surface area (Å²) in [6.45, 7) is 0.747. The molecule has 0 radical (unpaired) electrons. The van der Waals surface area contributed by atoms with E-state index in [1.54, 1.807) is 6.20 Å². The van der Waals surface area contributed by atoms with Crippen molar-refractivity contribution < 1.29 is 5.11 Å². The van der Waals surface area contributed by atoms with Crippen molar-refractivity contribution in [3.8, 4) is 0 Å². The highest BCUT2D eigenvalue weighted by atomic mass is 16.3. The van der Waals surface area contributed by atoms with Crippen molar-refractivity contribution in [2.45, 2.75) is 13.2 Å². The summed E-state index contributed by atoms with van der Waals surface area (Å²) >= 11 is 0. The SMILES string of the molecule is OCc1cccc(CNc2cnnc3ccccc23)c1. The Balaban J connectivity index is 1.83. The molecule has 0 atom stereocenters. The molecule has 0 bridgehead atoms. The van der Waals surface area contributed by atoms with Crippen LogP contribution in [0.15, 0.2) is 54.7 Å². The van der Waals surface area contributed by atoms with Crippen molar-refractivity contribution in [2.75, 3.05) is 5.32 Å². The van der Waals surface area contributed by atoms with Crippen molar-refractivity contribution in [3.05, 3.63) is 65.9 Å². The maximum absolute atomic E-state index is 9.15. The van der Waals surface area contributed by atoms with E-state index in [2.05, 4.69) is 15.5 Å². The van der Waals surface area contributed by atoms with E-state index in [9.17, 15) is 0 Å². The Kier molecular flexibility index (Phi) is 3.56. The van der Waals surface area contributed by atoms with Crippen LogP contribution < -0.4 is 5.32 Å². The molecule has 0 aliphatic rings. The molecular weight excluding hydrogens is 250 g/mol. The van der Waals surface area contributed by atoms with Gasteiger partial charge in [-0.15, -0.1) is 0 Å². The van der Waals surface area contributed by atoms with Crippen LogP contribution in [0.3, 0.4) is 0 Å². The lowest BCUT2D eigenvalue weighted by atomic mass is 10.1. The highest BCUT2D eigenvalue weighted by molar-refractivity contribution is 5.90. The number of rotatable bonds is 4. The first kappa shape index (κ1) is 12.6. The molecule has 1 aromatic heterocycles. The number of aliphatic hydroxyl groups is 1. The summed E-state index contributed by atoms with van der Waals surface area (Å²) in [5.41, 5.74) is 3.88. The molecule has 0 unspecified atom stereocenters. The second-order valence-corrected chi connectivity index (χ2v) is 4.61. The first-order valence-corrected chi connectivity index (χ1v) is 6.50. The molecule has 0 spiro atoms. The quantitative estimate of drug-likeness (QED) is 0.761. The minimum atomic E-state index is 0.0631. The fourth-order valence-electron chi connectivity index (χ4n) is 2.18. The molecule has 2 N–H and O–H groups in total. The summed E-state index contributed by atoms with van der Waals surface area (Å²) in [6.07, 6.45) is 1.73. The van der Waals surface area contributed by atoms with Crippen LogP contribution >= 0.6 is 0 Å². The molecule has 0 aliphatic heterocycles. The highest BCUT2D eigenvalue weighted by Crippen LogP contribution is 2.20. The van der Waals surface area contributed by atoms with Crippen molar-refractivity contribution in [1.29, 1.82) is 0 Å². The molecule has 4 heteroatoms. The zero-order valence-electron chi connectivity index (χ0n) is 11.0. The largest absolute Gasteiger partial charge is 0.392 e. The molecule has 3 rings (SSSR count). The smallest absolute Gasteiger partial charge is 0.0950 e. The average Bonchev–Trinajstić information content (AvgIpc) is 2.53. The van der Waals surface area contributed by atoms with E-state index >= 15 is 0 Å². The molecule has 3 aromatic rings. The number of nitrogens with one attached hydrogen (secondary N) is 1. The number of fused-ring (bicyclic) bond motifs is 1. The van der Waals surface area contributed by atoms with Gasteiger partial charge in [0.2, 0.25) is 0 Å². The molecule has 20 heavy (non-hydrogen) atoms. The Morgan fingerprint density at radius 3 is 2.75 bits per heavy atom. The van der Waals surface area contributed by atoms with E-state index in [1.807, 2.05) is 48.5 Å². The van der Waals surface area contributed by atoms with E-state index in [0.29, 0.717) is 6.54 Å². The molecular formula is C16H15N3O. The number of aromatic nitrogens is 2. The molecule has 4 nitrogen and oxygen atoms in total. The molecule has 1 heterocycles. The number of hydrogen-bond acceptors (Lipinski definition) is 4. The number of benzene rings is 2. The van der Waals surface area contributed by atoms with E-state index in [-0.39, 0.29) is 6.61 Å². The lowest BCUT2D eigenvalue weighted by molar-refractivity contribution is 0.281. The Bertz CT molecular complexity index is 722. The van der Waals surface area contributed by atoms with Gasteiger partial charge in [-0.2, -0.15) is 10.2 Å². The van der Waals surface area contributed by atoms with Crippen molar-refractivity contribution in [2.24, 2.45) is 0 Å². The zero-order chi connectivity index (χ0) is 13.8. The third-order valence-corrected chi connectivity index (χ3v) is 3.20. The van der Waals surface area contributed by atoms with Gasteiger partial charge in [0.15, 0.2) is 0 Å². The first-order chi connectivity index (χ1) is 9.86. The topological polar surface area (TPSA) is 58.0 Å². The minimum absolute atomic E-state index is 0.0631. The minimum Gasteiger partial charge on any atom is -0.392 e. The van der Waals surface area contributed by atoms with Crippen molar-refractivity contribution in [1.82, 2.24) is 10.2 Å². The maximum atomic E-state index is 9.15. The second-order valence-electron chi connectivity index (χ2n) is 4.61. The Hall–Kier alpha value is -2.46. The van der Waals surface area contributed by atoms with Crippen LogP contribution in [0.4, 0.5) is 5.69 Å². The van der Waals surface area contributed by atoms with E-state index in [4.69, 9.17) is 5.11 Å². The van der Waals surface area contributed by atoms with Crippen LogP contribution in [0.25, 0.3) is 10.9 Å². The molecule has 0 fully saturated rings. The van der Waals surface area contributed by atoms with Gasteiger partial charge in [-0.25, -0.2) is 0 Å².